The number of carboxylic acid groups (broad SMARTS) is 1. The molecular weight excluding hydrogens is 198 g/mol. The quantitative estimate of drug-likeness (QED) is 0.778. The van der Waals surface area contributed by atoms with Crippen LogP contribution in [0.3, 0.4) is 0 Å². The summed E-state index contributed by atoms with van der Waals surface area (Å²) in [5, 5.41) is 12.0. The molecule has 82 valence electrons. The first-order valence-electron chi connectivity index (χ1n) is 4.83. The number of hydrogen-bond donors (Lipinski definition) is 2. The number of furan rings is 1. The van der Waals surface area contributed by atoms with Gasteiger partial charge in [0.2, 0.25) is 5.76 Å². The molecule has 0 radical (unpaired) electrons. The van der Waals surface area contributed by atoms with Gasteiger partial charge in [-0.3, -0.25) is 0 Å². The molecule has 5 heteroatoms. The molecule has 1 aromatic rings. The first-order valence-corrected chi connectivity index (χ1v) is 4.83. The minimum Gasteiger partial charge on any atom is -0.475 e. The topological polar surface area (TPSA) is 71.7 Å². The SMILES string of the molecule is CC(NC1COC1)c1ccc(C(=O)O)o1. The second-order valence-electron chi connectivity index (χ2n) is 3.63. The number of aromatic carboxylic acids is 1. The van der Waals surface area contributed by atoms with Crippen LogP contribution in [0.2, 0.25) is 0 Å². The van der Waals surface area contributed by atoms with Gasteiger partial charge in [0, 0.05) is 0 Å². The smallest absolute Gasteiger partial charge is 0.371 e. The molecule has 1 aliphatic rings. The molecular formula is C10H13NO4. The van der Waals surface area contributed by atoms with E-state index in [1.54, 1.807) is 6.07 Å². The minimum absolute atomic E-state index is 0.00648. The fraction of sp³-hybridized carbons (Fsp3) is 0.500. The average molecular weight is 211 g/mol. The highest BCUT2D eigenvalue weighted by Crippen LogP contribution is 2.18. The van der Waals surface area contributed by atoms with Crippen LogP contribution >= 0.6 is 0 Å². The molecule has 0 amide bonds. The van der Waals surface area contributed by atoms with Gasteiger partial charge in [-0.15, -0.1) is 0 Å². The van der Waals surface area contributed by atoms with E-state index in [9.17, 15) is 4.79 Å². The number of hydrogen-bond acceptors (Lipinski definition) is 4. The van der Waals surface area contributed by atoms with Crippen molar-refractivity contribution in [1.29, 1.82) is 0 Å². The van der Waals surface area contributed by atoms with Gasteiger partial charge in [-0.2, -0.15) is 0 Å². The molecule has 1 atom stereocenters. The van der Waals surface area contributed by atoms with Crippen molar-refractivity contribution < 1.29 is 19.1 Å². The molecule has 15 heavy (non-hydrogen) atoms. The molecule has 1 fully saturated rings. The Bertz CT molecular complexity index is 356. The fourth-order valence-corrected chi connectivity index (χ4v) is 1.47. The molecule has 0 bridgehead atoms. The zero-order valence-electron chi connectivity index (χ0n) is 8.40. The van der Waals surface area contributed by atoms with Crippen LogP contribution in [0.4, 0.5) is 0 Å². The van der Waals surface area contributed by atoms with E-state index >= 15 is 0 Å². The number of nitrogens with one attached hydrogen (secondary N) is 1. The maximum atomic E-state index is 10.6. The zero-order chi connectivity index (χ0) is 10.8. The number of ether oxygens (including phenoxy) is 1. The maximum absolute atomic E-state index is 10.6. The molecule has 1 saturated heterocycles. The van der Waals surface area contributed by atoms with Gasteiger partial charge < -0.3 is 19.6 Å². The van der Waals surface area contributed by atoms with Crippen LogP contribution in [0.15, 0.2) is 16.5 Å². The molecule has 1 unspecified atom stereocenters. The minimum atomic E-state index is -1.04. The van der Waals surface area contributed by atoms with E-state index in [1.165, 1.54) is 6.07 Å². The van der Waals surface area contributed by atoms with Gasteiger partial charge in [0.1, 0.15) is 5.76 Å². The molecule has 0 aliphatic carbocycles. The van der Waals surface area contributed by atoms with Crippen LogP contribution in [0.25, 0.3) is 0 Å². The van der Waals surface area contributed by atoms with Crippen molar-refractivity contribution in [3.63, 3.8) is 0 Å². The average Bonchev–Trinajstić information content (AvgIpc) is 2.59. The van der Waals surface area contributed by atoms with Crippen LogP contribution < -0.4 is 5.32 Å². The van der Waals surface area contributed by atoms with Crippen molar-refractivity contribution in [1.82, 2.24) is 5.32 Å². The van der Waals surface area contributed by atoms with Gasteiger partial charge in [-0.1, -0.05) is 0 Å². The molecule has 0 saturated carbocycles. The third-order valence-corrected chi connectivity index (χ3v) is 2.39. The Hall–Kier alpha value is -1.33. The molecule has 0 aromatic carbocycles. The molecule has 5 nitrogen and oxygen atoms in total. The summed E-state index contributed by atoms with van der Waals surface area (Å²) in [6.07, 6.45) is 0. The summed E-state index contributed by atoms with van der Waals surface area (Å²) in [6.45, 7) is 3.34. The summed E-state index contributed by atoms with van der Waals surface area (Å²) in [5.74, 6) is -0.428. The van der Waals surface area contributed by atoms with Gasteiger partial charge >= 0.3 is 5.97 Å². The molecule has 1 aromatic heterocycles. The maximum Gasteiger partial charge on any atom is 0.371 e. The molecule has 2 N–H and O–H groups in total. The third-order valence-electron chi connectivity index (χ3n) is 2.39. The number of carboxylic acids is 1. The summed E-state index contributed by atoms with van der Waals surface area (Å²) >= 11 is 0. The molecule has 1 aliphatic heterocycles. The summed E-state index contributed by atoms with van der Waals surface area (Å²) in [5.41, 5.74) is 0. The van der Waals surface area contributed by atoms with Crippen LogP contribution in [-0.2, 0) is 4.74 Å². The Labute approximate surface area is 87.0 Å². The van der Waals surface area contributed by atoms with E-state index in [0.29, 0.717) is 25.0 Å². The van der Waals surface area contributed by atoms with Crippen molar-refractivity contribution in [3.8, 4) is 0 Å². The predicted octanol–water partition coefficient (Wildman–Crippen LogP) is 1.03. The lowest BCUT2D eigenvalue weighted by Crippen LogP contribution is -2.46. The van der Waals surface area contributed by atoms with Crippen molar-refractivity contribution in [3.05, 3.63) is 23.7 Å². The van der Waals surface area contributed by atoms with Crippen LogP contribution in [0, 0.1) is 0 Å². The molecule has 2 heterocycles. The highest BCUT2D eigenvalue weighted by atomic mass is 16.5. The van der Waals surface area contributed by atoms with E-state index < -0.39 is 5.97 Å². The highest BCUT2D eigenvalue weighted by Gasteiger charge is 2.22. The summed E-state index contributed by atoms with van der Waals surface area (Å²) < 4.78 is 10.2. The summed E-state index contributed by atoms with van der Waals surface area (Å²) in [7, 11) is 0. The summed E-state index contributed by atoms with van der Waals surface area (Å²) in [6, 6.07) is 3.50. The molecule has 2 rings (SSSR count). The van der Waals surface area contributed by atoms with Crippen molar-refractivity contribution in [2.75, 3.05) is 13.2 Å². The van der Waals surface area contributed by atoms with Gasteiger partial charge in [0.25, 0.3) is 0 Å². The zero-order valence-corrected chi connectivity index (χ0v) is 8.40. The van der Waals surface area contributed by atoms with Crippen LogP contribution in [-0.4, -0.2) is 30.3 Å². The molecule has 0 spiro atoms. The predicted molar refractivity (Wildman–Crippen MR) is 51.8 cm³/mol. The van der Waals surface area contributed by atoms with E-state index in [2.05, 4.69) is 5.32 Å². The van der Waals surface area contributed by atoms with Crippen molar-refractivity contribution >= 4 is 5.97 Å². The largest absolute Gasteiger partial charge is 0.475 e. The van der Waals surface area contributed by atoms with Gasteiger partial charge in [0.15, 0.2) is 0 Å². The monoisotopic (exact) mass is 211 g/mol. The van der Waals surface area contributed by atoms with Gasteiger partial charge in [-0.05, 0) is 19.1 Å². The van der Waals surface area contributed by atoms with E-state index in [4.69, 9.17) is 14.3 Å². The second-order valence-corrected chi connectivity index (χ2v) is 3.63. The Morgan fingerprint density at radius 1 is 1.60 bits per heavy atom. The van der Waals surface area contributed by atoms with E-state index in [0.717, 1.165) is 0 Å². The first-order chi connectivity index (χ1) is 7.16. The fourth-order valence-electron chi connectivity index (χ4n) is 1.47. The summed E-state index contributed by atoms with van der Waals surface area (Å²) in [4.78, 5) is 10.6. The lowest BCUT2D eigenvalue weighted by atomic mass is 10.2. The van der Waals surface area contributed by atoms with Gasteiger partial charge in [-0.25, -0.2) is 4.79 Å². The number of rotatable bonds is 4. The van der Waals surface area contributed by atoms with Crippen LogP contribution in [0.1, 0.15) is 29.3 Å². The Morgan fingerprint density at radius 3 is 2.80 bits per heavy atom. The lowest BCUT2D eigenvalue weighted by molar-refractivity contribution is -0.0103. The number of carbonyl (C=O) groups is 1. The standard InChI is InChI=1S/C10H13NO4/c1-6(11-7-4-14-5-7)8-2-3-9(15-8)10(12)13/h2-3,6-7,11H,4-5H2,1H3,(H,12,13). The Kier molecular flexibility index (Phi) is 2.75. The normalized spacial score (nSPS) is 18.5. The van der Waals surface area contributed by atoms with E-state index in [1.807, 2.05) is 6.92 Å². The van der Waals surface area contributed by atoms with E-state index in [-0.39, 0.29) is 11.8 Å². The second kappa shape index (κ2) is 4.04. The Balaban J connectivity index is 1.97. The highest BCUT2D eigenvalue weighted by molar-refractivity contribution is 5.84. The first kappa shape index (κ1) is 10.2. The Morgan fingerprint density at radius 2 is 2.33 bits per heavy atom. The lowest BCUT2D eigenvalue weighted by Gasteiger charge is -2.29. The van der Waals surface area contributed by atoms with Crippen molar-refractivity contribution in [2.24, 2.45) is 0 Å². The third kappa shape index (κ3) is 2.19. The van der Waals surface area contributed by atoms with Gasteiger partial charge in [0.05, 0.1) is 25.3 Å². The van der Waals surface area contributed by atoms with Crippen molar-refractivity contribution in [2.45, 2.75) is 19.0 Å². The van der Waals surface area contributed by atoms with Crippen LogP contribution in [0.5, 0.6) is 0 Å².